The Bertz CT molecular complexity index is 461. The van der Waals surface area contributed by atoms with Crippen molar-refractivity contribution in [3.05, 3.63) is 29.8 Å². The van der Waals surface area contributed by atoms with Gasteiger partial charge in [0.1, 0.15) is 5.75 Å². The number of piperidine rings is 1. The van der Waals surface area contributed by atoms with Crippen LogP contribution in [-0.2, 0) is 11.3 Å². The molecule has 3 N–H and O–H groups in total. The zero-order valence-electron chi connectivity index (χ0n) is 13.4. The van der Waals surface area contributed by atoms with E-state index >= 15 is 0 Å². The molecular formula is C17H27N3O2. The zero-order chi connectivity index (χ0) is 15.8. The van der Waals surface area contributed by atoms with Gasteiger partial charge in [0, 0.05) is 13.1 Å². The van der Waals surface area contributed by atoms with Crippen molar-refractivity contribution in [2.75, 3.05) is 19.7 Å². The molecule has 1 saturated heterocycles. The lowest BCUT2D eigenvalue weighted by atomic mass is 9.97. The number of carbonyl (C=O) groups excluding carboxylic acids is 1. The molecule has 0 spiro atoms. The van der Waals surface area contributed by atoms with Crippen molar-refractivity contribution >= 4 is 5.91 Å². The largest absolute Gasteiger partial charge is 0.494 e. The lowest BCUT2D eigenvalue weighted by molar-refractivity contribution is -0.126. The third kappa shape index (κ3) is 5.00. The number of hydrogen-bond donors (Lipinski definition) is 2. The van der Waals surface area contributed by atoms with E-state index in [0.29, 0.717) is 0 Å². The molecule has 1 aromatic carbocycles. The summed E-state index contributed by atoms with van der Waals surface area (Å²) in [5.41, 5.74) is 3.52. The van der Waals surface area contributed by atoms with E-state index in [1.807, 2.05) is 12.1 Å². The van der Waals surface area contributed by atoms with E-state index in [0.717, 1.165) is 57.7 Å². The molecule has 1 unspecified atom stereocenters. The van der Waals surface area contributed by atoms with Crippen LogP contribution in [0.5, 0.6) is 5.75 Å². The lowest BCUT2D eigenvalue weighted by Gasteiger charge is -2.31. The lowest BCUT2D eigenvalue weighted by Crippen LogP contribution is -2.44. The van der Waals surface area contributed by atoms with E-state index in [9.17, 15) is 4.79 Å². The van der Waals surface area contributed by atoms with E-state index < -0.39 is 0 Å². The predicted octanol–water partition coefficient (Wildman–Crippen LogP) is 2.07. The molecular weight excluding hydrogens is 278 g/mol. The molecule has 0 radical (unpaired) electrons. The predicted molar refractivity (Wildman–Crippen MR) is 87.2 cm³/mol. The van der Waals surface area contributed by atoms with Crippen LogP contribution >= 0.6 is 0 Å². The van der Waals surface area contributed by atoms with Crippen LogP contribution in [0.15, 0.2) is 24.3 Å². The van der Waals surface area contributed by atoms with E-state index in [1.54, 1.807) is 0 Å². The average Bonchev–Trinajstić information content (AvgIpc) is 2.56. The van der Waals surface area contributed by atoms with Crippen LogP contribution in [0.4, 0.5) is 0 Å². The van der Waals surface area contributed by atoms with Gasteiger partial charge in [-0.3, -0.25) is 15.1 Å². The highest BCUT2D eigenvalue weighted by Crippen LogP contribution is 2.20. The van der Waals surface area contributed by atoms with Crippen molar-refractivity contribution in [3.63, 3.8) is 0 Å². The molecule has 0 saturated carbocycles. The number of hydrogen-bond acceptors (Lipinski definition) is 4. The van der Waals surface area contributed by atoms with Crippen molar-refractivity contribution in [1.82, 2.24) is 10.3 Å². The molecule has 2 rings (SSSR count). The van der Waals surface area contributed by atoms with E-state index in [1.165, 1.54) is 5.56 Å². The number of amides is 1. The van der Waals surface area contributed by atoms with Gasteiger partial charge in [-0.2, -0.15) is 0 Å². The quantitative estimate of drug-likeness (QED) is 0.350. The van der Waals surface area contributed by atoms with Crippen LogP contribution in [0.1, 0.15) is 38.2 Å². The fraction of sp³-hybridized carbons (Fsp3) is 0.588. The molecule has 0 aromatic heterocycles. The molecule has 1 fully saturated rings. The number of carbonyl (C=O) groups is 1. The SMILES string of the molecule is CCCCOc1ccc(CN2CCCC(C(=O)NN)C2)cc1. The number of likely N-dealkylation sites (tertiary alicyclic amines) is 1. The molecule has 1 heterocycles. The number of benzene rings is 1. The smallest absolute Gasteiger partial charge is 0.238 e. The summed E-state index contributed by atoms with van der Waals surface area (Å²) >= 11 is 0. The molecule has 22 heavy (non-hydrogen) atoms. The molecule has 5 nitrogen and oxygen atoms in total. The minimum atomic E-state index is -0.0515. The molecule has 0 aliphatic carbocycles. The van der Waals surface area contributed by atoms with Gasteiger partial charge in [-0.1, -0.05) is 25.5 Å². The second-order valence-electron chi connectivity index (χ2n) is 5.93. The number of hydrazine groups is 1. The maximum atomic E-state index is 11.7. The van der Waals surface area contributed by atoms with E-state index in [2.05, 4.69) is 29.4 Å². The normalized spacial score (nSPS) is 18.9. The highest BCUT2D eigenvalue weighted by molar-refractivity contribution is 5.78. The summed E-state index contributed by atoms with van der Waals surface area (Å²) in [7, 11) is 0. The maximum absolute atomic E-state index is 11.7. The van der Waals surface area contributed by atoms with Crippen LogP contribution in [-0.4, -0.2) is 30.5 Å². The summed E-state index contributed by atoms with van der Waals surface area (Å²) in [6.07, 6.45) is 4.19. The third-order valence-corrected chi connectivity index (χ3v) is 4.11. The summed E-state index contributed by atoms with van der Waals surface area (Å²) in [5, 5.41) is 0. The number of rotatable bonds is 7. The summed E-state index contributed by atoms with van der Waals surface area (Å²) in [4.78, 5) is 14.0. The van der Waals surface area contributed by atoms with Gasteiger partial charge in [0.05, 0.1) is 12.5 Å². The molecule has 1 aliphatic heterocycles. The molecule has 1 amide bonds. The van der Waals surface area contributed by atoms with Gasteiger partial charge >= 0.3 is 0 Å². The summed E-state index contributed by atoms with van der Waals surface area (Å²) in [6.45, 7) is 5.60. The van der Waals surface area contributed by atoms with Crippen molar-refractivity contribution in [3.8, 4) is 5.75 Å². The second kappa shape index (κ2) is 8.76. The topological polar surface area (TPSA) is 67.6 Å². The van der Waals surface area contributed by atoms with Gasteiger partial charge in [-0.25, -0.2) is 5.84 Å². The first-order chi connectivity index (χ1) is 10.7. The first-order valence-electron chi connectivity index (χ1n) is 8.17. The van der Waals surface area contributed by atoms with Crippen LogP contribution in [0.2, 0.25) is 0 Å². The van der Waals surface area contributed by atoms with Crippen molar-refractivity contribution in [1.29, 1.82) is 0 Å². The van der Waals surface area contributed by atoms with E-state index in [-0.39, 0.29) is 11.8 Å². The van der Waals surface area contributed by atoms with Gasteiger partial charge in [0.25, 0.3) is 0 Å². The Labute approximate surface area is 132 Å². The Hall–Kier alpha value is -1.59. The van der Waals surface area contributed by atoms with Crippen LogP contribution < -0.4 is 16.0 Å². The number of nitrogens with one attached hydrogen (secondary N) is 1. The number of nitrogens with zero attached hydrogens (tertiary/aromatic N) is 1. The highest BCUT2D eigenvalue weighted by Gasteiger charge is 2.25. The maximum Gasteiger partial charge on any atom is 0.238 e. The summed E-state index contributed by atoms with van der Waals surface area (Å²) in [5.74, 6) is 6.12. The van der Waals surface area contributed by atoms with Crippen LogP contribution in [0.25, 0.3) is 0 Å². The molecule has 5 heteroatoms. The molecule has 1 aromatic rings. The van der Waals surface area contributed by atoms with Crippen LogP contribution in [0, 0.1) is 5.92 Å². The molecule has 0 bridgehead atoms. The second-order valence-corrected chi connectivity index (χ2v) is 5.93. The van der Waals surface area contributed by atoms with Crippen molar-refractivity contribution < 1.29 is 9.53 Å². The van der Waals surface area contributed by atoms with Gasteiger partial charge in [0.15, 0.2) is 0 Å². The Morgan fingerprint density at radius 1 is 1.41 bits per heavy atom. The van der Waals surface area contributed by atoms with Gasteiger partial charge in [-0.05, 0) is 43.5 Å². The van der Waals surface area contributed by atoms with Gasteiger partial charge in [-0.15, -0.1) is 0 Å². The third-order valence-electron chi connectivity index (χ3n) is 4.11. The van der Waals surface area contributed by atoms with Crippen molar-refractivity contribution in [2.45, 2.75) is 39.2 Å². The number of nitrogens with two attached hydrogens (primary N) is 1. The first-order valence-corrected chi connectivity index (χ1v) is 8.17. The Morgan fingerprint density at radius 2 is 2.18 bits per heavy atom. The van der Waals surface area contributed by atoms with Gasteiger partial charge in [0.2, 0.25) is 5.91 Å². The molecule has 1 atom stereocenters. The number of unbranched alkanes of at least 4 members (excludes halogenated alkanes) is 1. The molecule has 122 valence electrons. The summed E-state index contributed by atoms with van der Waals surface area (Å²) < 4.78 is 5.67. The minimum absolute atomic E-state index is 0.00963. The Morgan fingerprint density at radius 3 is 2.86 bits per heavy atom. The Balaban J connectivity index is 1.83. The standard InChI is InChI=1S/C17H27N3O2/c1-2-3-11-22-16-8-6-14(7-9-16)12-20-10-4-5-15(13-20)17(21)19-18/h6-9,15H,2-5,10-13,18H2,1H3,(H,19,21). The first kappa shape index (κ1) is 16.8. The van der Waals surface area contributed by atoms with Crippen LogP contribution in [0.3, 0.4) is 0 Å². The highest BCUT2D eigenvalue weighted by atomic mass is 16.5. The minimum Gasteiger partial charge on any atom is -0.494 e. The summed E-state index contributed by atoms with van der Waals surface area (Å²) in [6, 6.07) is 8.26. The van der Waals surface area contributed by atoms with E-state index in [4.69, 9.17) is 10.6 Å². The number of ether oxygens (including phenoxy) is 1. The fourth-order valence-corrected chi connectivity index (χ4v) is 2.81. The zero-order valence-corrected chi connectivity index (χ0v) is 13.4. The molecule has 1 aliphatic rings. The van der Waals surface area contributed by atoms with Gasteiger partial charge < -0.3 is 4.74 Å². The Kier molecular flexibility index (Phi) is 6.68. The fourth-order valence-electron chi connectivity index (χ4n) is 2.81. The monoisotopic (exact) mass is 305 g/mol. The average molecular weight is 305 g/mol. The van der Waals surface area contributed by atoms with Crippen molar-refractivity contribution in [2.24, 2.45) is 11.8 Å².